The van der Waals surface area contributed by atoms with Crippen molar-refractivity contribution >= 4 is 39.4 Å². The van der Waals surface area contributed by atoms with Crippen LogP contribution < -0.4 is 5.32 Å². The van der Waals surface area contributed by atoms with Gasteiger partial charge in [-0.2, -0.15) is 0 Å². The van der Waals surface area contributed by atoms with Gasteiger partial charge in [0, 0.05) is 29.2 Å². The number of nitrogens with one attached hydrogen (secondary N) is 3. The van der Waals surface area contributed by atoms with E-state index < -0.39 is 0 Å². The number of carbonyl (C=O) groups is 1. The highest BCUT2D eigenvalue weighted by molar-refractivity contribution is 6.29. The van der Waals surface area contributed by atoms with Crippen LogP contribution >= 0.6 is 11.6 Å². The van der Waals surface area contributed by atoms with Crippen molar-refractivity contribution < 1.29 is 4.79 Å². The van der Waals surface area contributed by atoms with Crippen LogP contribution in [0.5, 0.6) is 0 Å². The number of halogens is 1. The first kappa shape index (κ1) is 14.8. The minimum atomic E-state index is -0.109. The summed E-state index contributed by atoms with van der Waals surface area (Å²) in [6.07, 6.45) is 2.77. The molecule has 4 aromatic rings. The summed E-state index contributed by atoms with van der Waals surface area (Å²) in [5.41, 5.74) is 4.39. The Bertz CT molecular complexity index is 1030. The zero-order chi connectivity index (χ0) is 16.5. The first-order chi connectivity index (χ1) is 11.7. The number of carbonyl (C=O) groups excluding carboxylic acids is 1. The van der Waals surface area contributed by atoms with Crippen LogP contribution in [-0.2, 0) is 6.42 Å². The second kappa shape index (κ2) is 6.02. The summed E-state index contributed by atoms with van der Waals surface area (Å²) in [6, 6.07) is 13.4. The molecule has 6 heteroatoms. The number of hydrogen-bond acceptors (Lipinski definition) is 2. The van der Waals surface area contributed by atoms with E-state index in [2.05, 4.69) is 26.3 Å². The number of imidazole rings is 1. The van der Waals surface area contributed by atoms with E-state index in [4.69, 9.17) is 11.6 Å². The van der Waals surface area contributed by atoms with Crippen molar-refractivity contribution in [3.05, 3.63) is 65.1 Å². The highest BCUT2D eigenvalue weighted by Crippen LogP contribution is 2.18. The highest BCUT2D eigenvalue weighted by atomic mass is 35.5. The molecule has 2 aromatic carbocycles. The van der Waals surface area contributed by atoms with E-state index in [1.807, 2.05) is 24.4 Å². The van der Waals surface area contributed by atoms with Crippen molar-refractivity contribution in [1.82, 2.24) is 20.3 Å². The molecule has 0 atom stereocenters. The van der Waals surface area contributed by atoms with E-state index in [-0.39, 0.29) is 5.91 Å². The van der Waals surface area contributed by atoms with E-state index in [0.29, 0.717) is 17.4 Å². The van der Waals surface area contributed by atoms with Crippen LogP contribution in [0.2, 0.25) is 5.28 Å². The maximum atomic E-state index is 12.3. The molecule has 0 fully saturated rings. The van der Waals surface area contributed by atoms with Gasteiger partial charge in [0.25, 0.3) is 5.91 Å². The summed E-state index contributed by atoms with van der Waals surface area (Å²) < 4.78 is 0. The van der Waals surface area contributed by atoms with Crippen molar-refractivity contribution in [2.75, 3.05) is 6.54 Å². The van der Waals surface area contributed by atoms with Crippen LogP contribution in [0, 0.1) is 0 Å². The van der Waals surface area contributed by atoms with Gasteiger partial charge < -0.3 is 15.3 Å². The van der Waals surface area contributed by atoms with Gasteiger partial charge in [0.1, 0.15) is 0 Å². The Hall–Kier alpha value is -2.79. The maximum absolute atomic E-state index is 12.3. The summed E-state index contributed by atoms with van der Waals surface area (Å²) >= 11 is 5.83. The fourth-order valence-corrected chi connectivity index (χ4v) is 3.06. The van der Waals surface area contributed by atoms with Crippen molar-refractivity contribution in [3.63, 3.8) is 0 Å². The summed E-state index contributed by atoms with van der Waals surface area (Å²) in [5, 5.41) is 4.47. The first-order valence-corrected chi connectivity index (χ1v) is 8.07. The van der Waals surface area contributed by atoms with Gasteiger partial charge in [-0.25, -0.2) is 4.98 Å². The van der Waals surface area contributed by atoms with Gasteiger partial charge >= 0.3 is 0 Å². The van der Waals surface area contributed by atoms with Crippen LogP contribution in [0.25, 0.3) is 21.9 Å². The standard InChI is InChI=1S/C18H15ClN4O/c19-18-22-15-6-5-11(9-16(15)23-18)17(24)20-8-7-12-10-21-14-4-2-1-3-13(12)14/h1-6,9-10,21H,7-8H2,(H,20,24)(H,22,23). The molecule has 3 N–H and O–H groups in total. The molecule has 24 heavy (non-hydrogen) atoms. The number of aromatic nitrogens is 3. The summed E-state index contributed by atoms with van der Waals surface area (Å²) in [4.78, 5) is 22.6. The minimum absolute atomic E-state index is 0.109. The first-order valence-electron chi connectivity index (χ1n) is 7.69. The number of amides is 1. The molecule has 120 valence electrons. The zero-order valence-corrected chi connectivity index (χ0v) is 13.5. The van der Waals surface area contributed by atoms with E-state index >= 15 is 0 Å². The predicted octanol–water partition coefficient (Wildman–Crippen LogP) is 3.67. The van der Waals surface area contributed by atoms with E-state index in [1.54, 1.807) is 18.2 Å². The van der Waals surface area contributed by atoms with Crippen molar-refractivity contribution in [3.8, 4) is 0 Å². The lowest BCUT2D eigenvalue weighted by Crippen LogP contribution is -2.25. The Morgan fingerprint density at radius 1 is 1.17 bits per heavy atom. The topological polar surface area (TPSA) is 73.6 Å². The molecule has 1 amide bonds. The smallest absolute Gasteiger partial charge is 0.251 e. The number of para-hydroxylation sites is 1. The number of benzene rings is 2. The number of nitrogens with zero attached hydrogens (tertiary/aromatic N) is 1. The summed E-state index contributed by atoms with van der Waals surface area (Å²) in [6.45, 7) is 0.572. The maximum Gasteiger partial charge on any atom is 0.251 e. The Balaban J connectivity index is 1.44. The monoisotopic (exact) mass is 338 g/mol. The molecule has 5 nitrogen and oxygen atoms in total. The molecule has 0 saturated heterocycles. The third-order valence-electron chi connectivity index (χ3n) is 4.07. The van der Waals surface area contributed by atoms with Crippen LogP contribution in [0.15, 0.2) is 48.7 Å². The van der Waals surface area contributed by atoms with Gasteiger partial charge in [0.2, 0.25) is 5.28 Å². The van der Waals surface area contributed by atoms with Crippen LogP contribution in [0.3, 0.4) is 0 Å². The van der Waals surface area contributed by atoms with Crippen molar-refractivity contribution in [2.45, 2.75) is 6.42 Å². The molecule has 0 aliphatic carbocycles. The third kappa shape index (κ3) is 2.74. The molecule has 0 aliphatic heterocycles. The quantitative estimate of drug-likeness (QED) is 0.531. The van der Waals surface area contributed by atoms with Crippen LogP contribution in [0.1, 0.15) is 15.9 Å². The molecule has 4 rings (SSSR count). The average molecular weight is 339 g/mol. The molecule has 0 radical (unpaired) electrons. The number of rotatable bonds is 4. The highest BCUT2D eigenvalue weighted by Gasteiger charge is 2.09. The normalized spacial score (nSPS) is 11.2. The van der Waals surface area contributed by atoms with E-state index in [9.17, 15) is 4.79 Å². The largest absolute Gasteiger partial charge is 0.361 e. The SMILES string of the molecule is O=C(NCCc1c[nH]c2ccccc12)c1ccc2nc(Cl)[nH]c2c1. The summed E-state index contributed by atoms with van der Waals surface area (Å²) in [5.74, 6) is -0.109. The number of aromatic amines is 2. The second-order valence-electron chi connectivity index (χ2n) is 5.62. The van der Waals surface area contributed by atoms with Crippen LogP contribution in [0.4, 0.5) is 0 Å². The molecule has 0 aliphatic rings. The third-order valence-corrected chi connectivity index (χ3v) is 4.25. The Labute approximate surface area is 143 Å². The lowest BCUT2D eigenvalue weighted by molar-refractivity contribution is 0.0954. The Kier molecular flexibility index (Phi) is 3.70. The lowest BCUT2D eigenvalue weighted by atomic mass is 10.1. The number of H-pyrrole nitrogens is 2. The minimum Gasteiger partial charge on any atom is -0.361 e. The van der Waals surface area contributed by atoms with Gasteiger partial charge in [-0.05, 0) is 47.9 Å². The second-order valence-corrected chi connectivity index (χ2v) is 5.98. The van der Waals surface area contributed by atoms with E-state index in [1.165, 1.54) is 10.9 Å². The molecular weight excluding hydrogens is 324 g/mol. The summed E-state index contributed by atoms with van der Waals surface area (Å²) in [7, 11) is 0. The molecule has 0 bridgehead atoms. The zero-order valence-electron chi connectivity index (χ0n) is 12.8. The number of fused-ring (bicyclic) bond motifs is 2. The van der Waals surface area contributed by atoms with Gasteiger partial charge in [0.05, 0.1) is 11.0 Å². The average Bonchev–Trinajstić information content (AvgIpc) is 3.16. The van der Waals surface area contributed by atoms with Gasteiger partial charge in [0.15, 0.2) is 0 Å². The predicted molar refractivity (Wildman–Crippen MR) is 95.4 cm³/mol. The molecular formula is C18H15ClN4O. The van der Waals surface area contributed by atoms with Crippen molar-refractivity contribution in [2.24, 2.45) is 0 Å². The van der Waals surface area contributed by atoms with Gasteiger partial charge in [-0.1, -0.05) is 18.2 Å². The molecule has 2 aromatic heterocycles. The van der Waals surface area contributed by atoms with E-state index in [0.717, 1.165) is 23.0 Å². The molecule has 0 spiro atoms. The lowest BCUT2D eigenvalue weighted by Gasteiger charge is -2.05. The molecule has 0 unspecified atom stereocenters. The van der Waals surface area contributed by atoms with Crippen molar-refractivity contribution in [1.29, 1.82) is 0 Å². The molecule has 2 heterocycles. The molecule has 0 saturated carbocycles. The number of hydrogen-bond donors (Lipinski definition) is 3. The van der Waals surface area contributed by atoms with Crippen LogP contribution in [-0.4, -0.2) is 27.4 Å². The van der Waals surface area contributed by atoms with Gasteiger partial charge in [-0.15, -0.1) is 0 Å². The Morgan fingerprint density at radius 3 is 2.96 bits per heavy atom. The fourth-order valence-electron chi connectivity index (χ4n) is 2.87. The fraction of sp³-hybridized carbons (Fsp3) is 0.111. The Morgan fingerprint density at radius 2 is 2.04 bits per heavy atom. The van der Waals surface area contributed by atoms with Gasteiger partial charge in [-0.3, -0.25) is 4.79 Å².